The van der Waals surface area contributed by atoms with Crippen molar-refractivity contribution in [2.45, 2.75) is 6.42 Å². The molecule has 0 aliphatic carbocycles. The minimum absolute atomic E-state index is 0.113. The monoisotopic (exact) mass is 195 g/mol. The predicted octanol–water partition coefficient (Wildman–Crippen LogP) is -0.134. The van der Waals surface area contributed by atoms with Gasteiger partial charge in [0.25, 0.3) is 5.91 Å². The first kappa shape index (κ1) is 10.5. The highest BCUT2D eigenvalue weighted by molar-refractivity contribution is 5.96. The smallest absolute Gasteiger partial charge is 0.255 e. The molecule has 14 heavy (non-hydrogen) atoms. The molecule has 76 valence electrons. The average molecular weight is 195 g/mol. The summed E-state index contributed by atoms with van der Waals surface area (Å²) >= 11 is 0. The summed E-state index contributed by atoms with van der Waals surface area (Å²) in [5.41, 5.74) is 5.51. The van der Waals surface area contributed by atoms with Gasteiger partial charge in [0.2, 0.25) is 0 Å². The first-order chi connectivity index (χ1) is 6.75. The van der Waals surface area contributed by atoms with Gasteiger partial charge in [-0.2, -0.15) is 0 Å². The molecule has 0 saturated carbocycles. The second-order valence-corrected chi connectivity index (χ2v) is 2.79. The van der Waals surface area contributed by atoms with Crippen molar-refractivity contribution in [3.05, 3.63) is 24.0 Å². The number of nitrogens with zero attached hydrogens (tertiary/aromatic N) is 1. The van der Waals surface area contributed by atoms with Gasteiger partial charge in [0, 0.05) is 12.7 Å². The van der Waals surface area contributed by atoms with E-state index in [0.717, 1.165) is 6.42 Å². The van der Waals surface area contributed by atoms with Crippen molar-refractivity contribution in [3.63, 3.8) is 0 Å². The predicted molar refractivity (Wildman–Crippen MR) is 51.9 cm³/mol. The number of pyridine rings is 1. The molecule has 0 radical (unpaired) electrons. The summed E-state index contributed by atoms with van der Waals surface area (Å²) in [6, 6.07) is 1.47. The highest BCUT2D eigenvalue weighted by Gasteiger charge is 2.08. The number of aromatic hydroxyl groups is 1. The Morgan fingerprint density at radius 3 is 3.07 bits per heavy atom. The van der Waals surface area contributed by atoms with Crippen LogP contribution in [0.1, 0.15) is 16.8 Å². The van der Waals surface area contributed by atoms with Gasteiger partial charge in [-0.15, -0.1) is 0 Å². The van der Waals surface area contributed by atoms with Crippen LogP contribution in [0, 0.1) is 0 Å². The van der Waals surface area contributed by atoms with Gasteiger partial charge in [0.1, 0.15) is 5.75 Å². The lowest BCUT2D eigenvalue weighted by atomic mass is 10.2. The van der Waals surface area contributed by atoms with E-state index in [1.54, 1.807) is 0 Å². The number of carbonyl (C=O) groups excluding carboxylic acids is 1. The van der Waals surface area contributed by atoms with E-state index in [4.69, 9.17) is 5.73 Å². The van der Waals surface area contributed by atoms with Gasteiger partial charge in [0.15, 0.2) is 0 Å². The molecule has 5 nitrogen and oxygen atoms in total. The quantitative estimate of drug-likeness (QED) is 0.584. The van der Waals surface area contributed by atoms with Crippen LogP contribution in [0.4, 0.5) is 0 Å². The van der Waals surface area contributed by atoms with E-state index in [1.807, 2.05) is 0 Å². The Labute approximate surface area is 82.0 Å². The van der Waals surface area contributed by atoms with Crippen molar-refractivity contribution < 1.29 is 9.90 Å². The summed E-state index contributed by atoms with van der Waals surface area (Å²) in [7, 11) is 0. The molecular weight excluding hydrogens is 182 g/mol. The molecule has 0 aliphatic heterocycles. The molecular formula is C9H13N3O2. The first-order valence-corrected chi connectivity index (χ1v) is 4.37. The maximum Gasteiger partial charge on any atom is 0.255 e. The minimum atomic E-state index is -0.307. The largest absolute Gasteiger partial charge is 0.505 e. The molecule has 0 aliphatic rings. The summed E-state index contributed by atoms with van der Waals surface area (Å²) in [6.45, 7) is 1.04. The van der Waals surface area contributed by atoms with Gasteiger partial charge in [0.05, 0.1) is 11.8 Å². The third-order valence-corrected chi connectivity index (χ3v) is 1.71. The fourth-order valence-electron chi connectivity index (χ4n) is 0.977. The van der Waals surface area contributed by atoms with Crippen LogP contribution >= 0.6 is 0 Å². The highest BCUT2D eigenvalue weighted by Crippen LogP contribution is 2.12. The molecule has 0 fully saturated rings. The molecule has 0 unspecified atom stereocenters. The molecule has 4 N–H and O–H groups in total. The molecule has 0 aromatic carbocycles. The molecule has 0 atom stereocenters. The van der Waals surface area contributed by atoms with Gasteiger partial charge >= 0.3 is 0 Å². The minimum Gasteiger partial charge on any atom is -0.505 e. The Bertz CT molecular complexity index is 315. The molecule has 0 saturated heterocycles. The zero-order valence-corrected chi connectivity index (χ0v) is 7.73. The zero-order chi connectivity index (χ0) is 10.4. The Hall–Kier alpha value is -1.62. The number of rotatable bonds is 4. The van der Waals surface area contributed by atoms with Crippen molar-refractivity contribution in [2.24, 2.45) is 5.73 Å². The van der Waals surface area contributed by atoms with Crippen LogP contribution in [0.25, 0.3) is 0 Å². The average Bonchev–Trinajstić information content (AvgIpc) is 2.18. The normalized spacial score (nSPS) is 9.79. The van der Waals surface area contributed by atoms with E-state index in [-0.39, 0.29) is 17.2 Å². The zero-order valence-electron chi connectivity index (χ0n) is 7.73. The van der Waals surface area contributed by atoms with Crippen LogP contribution < -0.4 is 11.1 Å². The van der Waals surface area contributed by atoms with Gasteiger partial charge in [-0.3, -0.25) is 9.78 Å². The fraction of sp³-hybridized carbons (Fsp3) is 0.333. The SMILES string of the molecule is NCCCNC(=O)c1ccncc1O. The van der Waals surface area contributed by atoms with Crippen LogP contribution in [0.5, 0.6) is 5.75 Å². The number of amides is 1. The van der Waals surface area contributed by atoms with E-state index in [9.17, 15) is 9.90 Å². The second-order valence-electron chi connectivity index (χ2n) is 2.79. The molecule has 0 bridgehead atoms. The van der Waals surface area contributed by atoms with Crippen molar-refractivity contribution in [2.75, 3.05) is 13.1 Å². The standard InChI is InChI=1S/C9H13N3O2/c10-3-1-4-12-9(14)7-2-5-11-6-8(7)13/h2,5-6,13H,1,3-4,10H2,(H,12,14). The number of nitrogens with two attached hydrogens (primary N) is 1. The van der Waals surface area contributed by atoms with E-state index in [0.29, 0.717) is 13.1 Å². The summed E-state index contributed by atoms with van der Waals surface area (Å²) in [6.07, 6.45) is 3.41. The molecule has 1 amide bonds. The molecule has 1 heterocycles. The first-order valence-electron chi connectivity index (χ1n) is 4.37. The van der Waals surface area contributed by atoms with E-state index < -0.39 is 0 Å². The summed E-state index contributed by atoms with van der Waals surface area (Å²) in [5, 5.41) is 11.9. The molecule has 1 aromatic heterocycles. The number of nitrogens with one attached hydrogen (secondary N) is 1. The lowest BCUT2D eigenvalue weighted by molar-refractivity contribution is 0.0950. The highest BCUT2D eigenvalue weighted by atomic mass is 16.3. The Morgan fingerprint density at radius 2 is 2.43 bits per heavy atom. The van der Waals surface area contributed by atoms with Crippen molar-refractivity contribution in [3.8, 4) is 5.75 Å². The van der Waals surface area contributed by atoms with Crippen LogP contribution in [0.15, 0.2) is 18.5 Å². The van der Waals surface area contributed by atoms with E-state index >= 15 is 0 Å². The summed E-state index contributed by atoms with van der Waals surface area (Å²) in [5.74, 6) is -0.420. The van der Waals surface area contributed by atoms with Crippen LogP contribution in [-0.4, -0.2) is 29.1 Å². The molecule has 5 heteroatoms. The Balaban J connectivity index is 2.56. The van der Waals surface area contributed by atoms with Crippen molar-refractivity contribution >= 4 is 5.91 Å². The summed E-state index contributed by atoms with van der Waals surface area (Å²) < 4.78 is 0. The van der Waals surface area contributed by atoms with E-state index in [1.165, 1.54) is 18.5 Å². The third kappa shape index (κ3) is 2.70. The fourth-order valence-corrected chi connectivity index (χ4v) is 0.977. The van der Waals surface area contributed by atoms with Crippen molar-refractivity contribution in [1.82, 2.24) is 10.3 Å². The van der Waals surface area contributed by atoms with Crippen LogP contribution in [0.2, 0.25) is 0 Å². The van der Waals surface area contributed by atoms with Crippen molar-refractivity contribution in [1.29, 1.82) is 0 Å². The third-order valence-electron chi connectivity index (χ3n) is 1.71. The number of hydrogen-bond donors (Lipinski definition) is 3. The van der Waals surface area contributed by atoms with Gasteiger partial charge < -0.3 is 16.2 Å². The Morgan fingerprint density at radius 1 is 1.64 bits per heavy atom. The lowest BCUT2D eigenvalue weighted by Gasteiger charge is -2.04. The number of carbonyl (C=O) groups is 1. The summed E-state index contributed by atoms with van der Waals surface area (Å²) in [4.78, 5) is 15.1. The molecule has 1 rings (SSSR count). The number of aromatic nitrogens is 1. The van der Waals surface area contributed by atoms with Gasteiger partial charge in [-0.05, 0) is 19.0 Å². The van der Waals surface area contributed by atoms with E-state index in [2.05, 4.69) is 10.3 Å². The van der Waals surface area contributed by atoms with Gasteiger partial charge in [-0.25, -0.2) is 0 Å². The maximum absolute atomic E-state index is 11.4. The second kappa shape index (κ2) is 5.18. The van der Waals surface area contributed by atoms with Crippen LogP contribution in [-0.2, 0) is 0 Å². The topological polar surface area (TPSA) is 88.2 Å². The van der Waals surface area contributed by atoms with Crippen LogP contribution in [0.3, 0.4) is 0 Å². The van der Waals surface area contributed by atoms with Gasteiger partial charge in [-0.1, -0.05) is 0 Å². The number of hydrogen-bond acceptors (Lipinski definition) is 4. The Kier molecular flexibility index (Phi) is 3.87. The molecule has 1 aromatic rings. The molecule has 0 spiro atoms. The maximum atomic E-state index is 11.4. The lowest BCUT2D eigenvalue weighted by Crippen LogP contribution is -2.26.